The molecule has 44 heavy (non-hydrogen) atoms. The molecule has 3 aromatic heterocycles. The van der Waals surface area contributed by atoms with Gasteiger partial charge in [0.25, 0.3) is 0 Å². The van der Waals surface area contributed by atoms with Gasteiger partial charge in [-0.3, -0.25) is 4.98 Å². The predicted octanol–water partition coefficient (Wildman–Crippen LogP) is 11.6. The highest BCUT2D eigenvalue weighted by Gasteiger charge is 2.21. The maximum Gasteiger partial charge on any atom is 0.0954 e. The Hall–Kier alpha value is -2.88. The first-order valence-corrected chi connectivity index (χ1v) is 16.3. The van der Waals surface area contributed by atoms with Crippen molar-refractivity contribution in [3.8, 4) is 0 Å². The van der Waals surface area contributed by atoms with Crippen molar-refractivity contribution in [2.24, 2.45) is 0 Å². The largest absolute Gasteiger partial charge is 0.358 e. The molecule has 4 rings (SSSR count). The van der Waals surface area contributed by atoms with E-state index < -0.39 is 0 Å². The standard InChI is InChI=1S/C16H23N.C13H21N.C11H20N2.H2/c1-15(2,3)12-7-8-13-11(9-12)10-14(17-13)16(4,5)6;1-12(2,3)10-7-8-11(14-9-10)13(4,5)6;1-10(2,3)9-7-13(8-12-9)11(4,5)6;/h7-10,17H,1-6H3;7-9H,1-6H3;7-8H,1-6H3;1H. The summed E-state index contributed by atoms with van der Waals surface area (Å²) in [7, 11) is 0. The summed E-state index contributed by atoms with van der Waals surface area (Å²) < 4.78 is 2.16. The maximum absolute atomic E-state index is 4.52. The molecule has 0 aliphatic carbocycles. The van der Waals surface area contributed by atoms with Crippen molar-refractivity contribution in [2.45, 2.75) is 157 Å². The number of hydrogen-bond donors (Lipinski definition) is 1. The first-order valence-electron chi connectivity index (χ1n) is 16.3. The van der Waals surface area contributed by atoms with Gasteiger partial charge in [0.05, 0.1) is 12.0 Å². The lowest BCUT2D eigenvalue weighted by molar-refractivity contribution is 0.395. The second-order valence-electron chi connectivity index (χ2n) is 18.5. The van der Waals surface area contributed by atoms with Crippen molar-refractivity contribution in [3.63, 3.8) is 0 Å². The minimum Gasteiger partial charge on any atom is -0.358 e. The highest BCUT2D eigenvalue weighted by Crippen LogP contribution is 2.30. The van der Waals surface area contributed by atoms with E-state index in [-0.39, 0.29) is 34.0 Å². The average molecular weight is 603 g/mol. The molecule has 246 valence electrons. The monoisotopic (exact) mass is 603 g/mol. The summed E-state index contributed by atoms with van der Waals surface area (Å²) in [5, 5.41) is 1.32. The van der Waals surface area contributed by atoms with Crippen LogP contribution in [0, 0.1) is 0 Å². The van der Waals surface area contributed by atoms with Gasteiger partial charge in [-0.1, -0.05) is 116 Å². The summed E-state index contributed by atoms with van der Waals surface area (Å²) in [4.78, 5) is 12.4. The number of fused-ring (bicyclic) bond motifs is 1. The third kappa shape index (κ3) is 10.6. The minimum absolute atomic E-state index is 0. The molecule has 1 N–H and O–H groups in total. The van der Waals surface area contributed by atoms with Gasteiger partial charge in [-0.05, 0) is 72.4 Å². The Bertz CT molecular complexity index is 1400. The molecule has 4 heteroatoms. The van der Waals surface area contributed by atoms with Gasteiger partial charge in [0.15, 0.2) is 0 Å². The number of nitrogens with zero attached hydrogens (tertiary/aromatic N) is 3. The van der Waals surface area contributed by atoms with Gasteiger partial charge in [0, 0.05) is 52.5 Å². The Kier molecular flexibility index (Phi) is 10.9. The summed E-state index contributed by atoms with van der Waals surface area (Å²) in [6.45, 7) is 39.8. The molecule has 1 aromatic carbocycles. The third-order valence-electron chi connectivity index (χ3n) is 7.82. The quantitative estimate of drug-likeness (QED) is 0.218. The molecular formula is C40H66N4. The zero-order valence-corrected chi connectivity index (χ0v) is 31.5. The molecule has 0 fully saturated rings. The molecule has 0 aliphatic rings. The fourth-order valence-electron chi connectivity index (χ4n) is 4.36. The summed E-state index contributed by atoms with van der Waals surface area (Å²) in [6.07, 6.45) is 6.06. The van der Waals surface area contributed by atoms with E-state index >= 15 is 0 Å². The summed E-state index contributed by atoms with van der Waals surface area (Å²) >= 11 is 0. The molecule has 4 nitrogen and oxygen atoms in total. The summed E-state index contributed by atoms with van der Waals surface area (Å²) in [5.74, 6) is 0. The average Bonchev–Trinajstić information content (AvgIpc) is 3.51. The van der Waals surface area contributed by atoms with Gasteiger partial charge in [-0.2, -0.15) is 0 Å². The third-order valence-corrected chi connectivity index (χ3v) is 7.82. The van der Waals surface area contributed by atoms with E-state index in [9.17, 15) is 0 Å². The molecule has 0 saturated carbocycles. The predicted molar refractivity (Wildman–Crippen MR) is 195 cm³/mol. The van der Waals surface area contributed by atoms with Gasteiger partial charge in [-0.15, -0.1) is 0 Å². The van der Waals surface area contributed by atoms with E-state index in [1.807, 2.05) is 12.5 Å². The Balaban J connectivity index is 0.000000338. The van der Waals surface area contributed by atoms with E-state index in [4.69, 9.17) is 0 Å². The van der Waals surface area contributed by atoms with Crippen LogP contribution in [0.3, 0.4) is 0 Å². The van der Waals surface area contributed by atoms with Crippen molar-refractivity contribution >= 4 is 10.9 Å². The van der Waals surface area contributed by atoms with Crippen LogP contribution in [0.15, 0.2) is 55.1 Å². The van der Waals surface area contributed by atoms with Gasteiger partial charge < -0.3 is 9.55 Å². The normalized spacial score (nSPS) is 13.2. The van der Waals surface area contributed by atoms with E-state index in [1.54, 1.807) is 0 Å². The molecular weight excluding hydrogens is 536 g/mol. The summed E-state index contributed by atoms with van der Waals surface area (Å²) in [6, 6.07) is 13.3. The second-order valence-corrected chi connectivity index (χ2v) is 18.5. The smallest absolute Gasteiger partial charge is 0.0954 e. The maximum atomic E-state index is 4.52. The Morgan fingerprint density at radius 2 is 1.07 bits per heavy atom. The van der Waals surface area contributed by atoms with Crippen molar-refractivity contribution in [2.75, 3.05) is 0 Å². The molecule has 0 saturated heterocycles. The van der Waals surface area contributed by atoms with Gasteiger partial charge in [0.1, 0.15) is 0 Å². The van der Waals surface area contributed by atoms with E-state index in [1.165, 1.54) is 27.7 Å². The highest BCUT2D eigenvalue weighted by molar-refractivity contribution is 5.81. The number of aromatic amines is 1. The topological polar surface area (TPSA) is 46.5 Å². The van der Waals surface area contributed by atoms with Crippen LogP contribution in [0.1, 0.15) is 154 Å². The molecule has 0 radical (unpaired) electrons. The number of imidazole rings is 1. The molecule has 0 bridgehead atoms. The van der Waals surface area contributed by atoms with Gasteiger partial charge in [0.2, 0.25) is 0 Å². The fourth-order valence-corrected chi connectivity index (χ4v) is 4.36. The Morgan fingerprint density at radius 1 is 0.545 bits per heavy atom. The van der Waals surface area contributed by atoms with Gasteiger partial charge >= 0.3 is 0 Å². The number of pyridine rings is 1. The number of aromatic nitrogens is 4. The van der Waals surface area contributed by atoms with Crippen LogP contribution >= 0.6 is 0 Å². The number of hydrogen-bond acceptors (Lipinski definition) is 2. The van der Waals surface area contributed by atoms with Crippen LogP contribution in [0.25, 0.3) is 10.9 Å². The molecule has 0 aliphatic heterocycles. The number of nitrogens with one attached hydrogen (secondary N) is 1. The Labute approximate surface area is 272 Å². The van der Waals surface area contributed by atoms with Crippen molar-refractivity contribution in [1.82, 2.24) is 19.5 Å². The molecule has 4 aromatic rings. The van der Waals surface area contributed by atoms with Crippen molar-refractivity contribution in [3.05, 3.63) is 83.3 Å². The number of H-pyrrole nitrogens is 1. The van der Waals surface area contributed by atoms with E-state index in [2.05, 4.69) is 187 Å². The van der Waals surface area contributed by atoms with E-state index in [0.29, 0.717) is 0 Å². The molecule has 0 atom stereocenters. The first-order chi connectivity index (χ1) is 19.6. The second kappa shape index (κ2) is 12.9. The molecule has 0 unspecified atom stereocenters. The fraction of sp³-hybridized carbons (Fsp3) is 0.600. The zero-order chi connectivity index (χ0) is 34.1. The first kappa shape index (κ1) is 37.3. The van der Waals surface area contributed by atoms with Crippen LogP contribution in [-0.2, 0) is 32.6 Å². The minimum atomic E-state index is 0. The van der Waals surface area contributed by atoms with Crippen LogP contribution < -0.4 is 0 Å². The number of benzene rings is 1. The Morgan fingerprint density at radius 3 is 1.43 bits per heavy atom. The lowest BCUT2D eigenvalue weighted by atomic mass is 9.86. The van der Waals surface area contributed by atoms with Crippen LogP contribution in [0.2, 0.25) is 0 Å². The molecule has 0 spiro atoms. The number of rotatable bonds is 0. The van der Waals surface area contributed by atoms with Crippen molar-refractivity contribution < 1.29 is 1.43 Å². The lowest BCUT2D eigenvalue weighted by Gasteiger charge is -2.22. The van der Waals surface area contributed by atoms with Crippen LogP contribution in [0.5, 0.6) is 0 Å². The van der Waals surface area contributed by atoms with Crippen LogP contribution in [-0.4, -0.2) is 19.5 Å². The lowest BCUT2D eigenvalue weighted by Crippen LogP contribution is -2.20. The van der Waals surface area contributed by atoms with Crippen molar-refractivity contribution in [1.29, 1.82) is 0 Å². The summed E-state index contributed by atoms with van der Waals surface area (Å²) in [5.41, 5.74) is 8.57. The zero-order valence-electron chi connectivity index (χ0n) is 31.5. The highest BCUT2D eigenvalue weighted by atomic mass is 15.1. The van der Waals surface area contributed by atoms with Crippen LogP contribution in [0.4, 0.5) is 0 Å². The SMILES string of the molecule is CC(C)(C)c1ccc(C(C)(C)C)nc1.CC(C)(C)c1ccc2[nH]c(C(C)(C)C)cc2c1.CC(C)(C)c1cn(C(C)(C)C)cn1.[HH]. The van der Waals surface area contributed by atoms with E-state index in [0.717, 1.165) is 11.4 Å². The molecule has 0 amide bonds. The molecule has 3 heterocycles. The van der Waals surface area contributed by atoms with Gasteiger partial charge in [-0.25, -0.2) is 4.98 Å².